The maximum absolute atomic E-state index is 12.3. The van der Waals surface area contributed by atoms with Gasteiger partial charge in [0.2, 0.25) is 0 Å². The summed E-state index contributed by atoms with van der Waals surface area (Å²) in [6, 6.07) is 3.62. The van der Waals surface area contributed by atoms with Gasteiger partial charge in [0.1, 0.15) is 5.75 Å². The van der Waals surface area contributed by atoms with Crippen molar-refractivity contribution in [3.63, 3.8) is 0 Å². The van der Waals surface area contributed by atoms with Crippen LogP contribution in [-0.2, 0) is 6.18 Å². The number of rotatable bonds is 1. The molecule has 5 heteroatoms. The molecular formula is C8H7F3OS. The Balaban J connectivity index is 3.24. The van der Waals surface area contributed by atoms with Crippen molar-refractivity contribution in [3.05, 3.63) is 23.8 Å². The van der Waals surface area contributed by atoms with Crippen molar-refractivity contribution >= 4 is 12.6 Å². The van der Waals surface area contributed by atoms with Crippen LogP contribution in [0.2, 0.25) is 0 Å². The Kier molecular flexibility index (Phi) is 2.75. The fourth-order valence-corrected chi connectivity index (χ4v) is 1.12. The molecule has 0 aliphatic rings. The third-order valence-corrected chi connectivity index (χ3v) is 1.77. The smallest absolute Gasteiger partial charge is 0.420 e. The molecule has 0 saturated carbocycles. The van der Waals surface area contributed by atoms with Crippen LogP contribution in [0.15, 0.2) is 23.1 Å². The van der Waals surface area contributed by atoms with Crippen molar-refractivity contribution in [2.45, 2.75) is 11.1 Å². The van der Waals surface area contributed by atoms with E-state index in [9.17, 15) is 13.2 Å². The average Bonchev–Trinajstić information content (AvgIpc) is 2.03. The Labute approximate surface area is 78.9 Å². The molecule has 1 rings (SSSR count). The summed E-state index contributed by atoms with van der Waals surface area (Å²) in [5, 5.41) is 0. The molecule has 0 amide bonds. The maximum atomic E-state index is 12.3. The normalized spacial score (nSPS) is 11.5. The predicted octanol–water partition coefficient (Wildman–Crippen LogP) is 3.00. The summed E-state index contributed by atoms with van der Waals surface area (Å²) < 4.78 is 41.5. The highest BCUT2D eigenvalue weighted by Gasteiger charge is 2.34. The first-order valence-corrected chi connectivity index (χ1v) is 3.84. The van der Waals surface area contributed by atoms with E-state index in [0.29, 0.717) is 0 Å². The molecule has 0 bridgehead atoms. The van der Waals surface area contributed by atoms with E-state index >= 15 is 0 Å². The van der Waals surface area contributed by atoms with Gasteiger partial charge in [-0.1, -0.05) is 0 Å². The lowest BCUT2D eigenvalue weighted by atomic mass is 10.2. The molecular weight excluding hydrogens is 201 g/mol. The molecule has 0 atom stereocenters. The van der Waals surface area contributed by atoms with Gasteiger partial charge in [0.25, 0.3) is 0 Å². The summed E-state index contributed by atoms with van der Waals surface area (Å²) in [4.78, 5) is 0.258. The molecule has 0 heterocycles. The molecule has 0 fully saturated rings. The SMILES string of the molecule is COc1ccc(S)cc1C(F)(F)F. The third kappa shape index (κ3) is 2.30. The van der Waals surface area contributed by atoms with Crippen LogP contribution in [0, 0.1) is 0 Å². The van der Waals surface area contributed by atoms with Crippen LogP contribution in [0.5, 0.6) is 5.75 Å². The summed E-state index contributed by atoms with van der Waals surface area (Å²) >= 11 is 3.82. The first kappa shape index (κ1) is 10.2. The van der Waals surface area contributed by atoms with Gasteiger partial charge in [-0.05, 0) is 18.2 Å². The summed E-state index contributed by atoms with van der Waals surface area (Å²) in [7, 11) is 1.20. The van der Waals surface area contributed by atoms with Gasteiger partial charge in [-0.25, -0.2) is 0 Å². The van der Waals surface area contributed by atoms with Gasteiger partial charge in [-0.2, -0.15) is 13.2 Å². The van der Waals surface area contributed by atoms with Gasteiger partial charge in [0, 0.05) is 4.90 Å². The van der Waals surface area contributed by atoms with E-state index in [0.717, 1.165) is 6.07 Å². The molecule has 72 valence electrons. The molecule has 1 aromatic rings. The largest absolute Gasteiger partial charge is 0.496 e. The summed E-state index contributed by atoms with van der Waals surface area (Å²) in [5.41, 5.74) is -0.803. The molecule has 0 aliphatic heterocycles. The van der Waals surface area contributed by atoms with E-state index in [-0.39, 0.29) is 10.6 Å². The summed E-state index contributed by atoms with van der Waals surface area (Å²) in [5.74, 6) is -0.190. The highest BCUT2D eigenvalue weighted by molar-refractivity contribution is 7.80. The Bertz CT molecular complexity index is 309. The van der Waals surface area contributed by atoms with Crippen molar-refractivity contribution in [3.8, 4) is 5.75 Å². The Morgan fingerprint density at radius 2 is 1.92 bits per heavy atom. The fraction of sp³-hybridized carbons (Fsp3) is 0.250. The highest BCUT2D eigenvalue weighted by atomic mass is 32.1. The molecule has 13 heavy (non-hydrogen) atoms. The summed E-state index contributed by atoms with van der Waals surface area (Å²) in [6.07, 6.45) is -4.40. The van der Waals surface area contributed by atoms with Crippen LogP contribution in [0.1, 0.15) is 5.56 Å². The number of ether oxygens (including phenoxy) is 1. The molecule has 0 unspecified atom stereocenters. The maximum Gasteiger partial charge on any atom is 0.420 e. The second-order valence-corrected chi connectivity index (χ2v) is 2.90. The lowest BCUT2D eigenvalue weighted by Gasteiger charge is -2.11. The second-order valence-electron chi connectivity index (χ2n) is 2.38. The van der Waals surface area contributed by atoms with Gasteiger partial charge in [-0.3, -0.25) is 0 Å². The van der Waals surface area contributed by atoms with Gasteiger partial charge in [0.05, 0.1) is 12.7 Å². The lowest BCUT2D eigenvalue weighted by Crippen LogP contribution is -2.07. The van der Waals surface area contributed by atoms with Crippen molar-refractivity contribution in [2.75, 3.05) is 7.11 Å². The molecule has 0 spiro atoms. The van der Waals surface area contributed by atoms with Crippen LogP contribution in [0.4, 0.5) is 13.2 Å². The zero-order valence-electron chi connectivity index (χ0n) is 6.72. The van der Waals surface area contributed by atoms with Crippen LogP contribution in [-0.4, -0.2) is 7.11 Å². The molecule has 0 saturated heterocycles. The van der Waals surface area contributed by atoms with Gasteiger partial charge < -0.3 is 4.74 Å². The van der Waals surface area contributed by atoms with E-state index < -0.39 is 11.7 Å². The zero-order chi connectivity index (χ0) is 10.1. The van der Waals surface area contributed by atoms with E-state index in [2.05, 4.69) is 17.4 Å². The highest BCUT2D eigenvalue weighted by Crippen LogP contribution is 2.37. The number of benzene rings is 1. The fourth-order valence-electron chi connectivity index (χ4n) is 0.917. The van der Waals surface area contributed by atoms with Crippen LogP contribution in [0.25, 0.3) is 0 Å². The lowest BCUT2D eigenvalue weighted by molar-refractivity contribution is -0.138. The van der Waals surface area contributed by atoms with Gasteiger partial charge in [0.15, 0.2) is 0 Å². The standard InChI is InChI=1S/C8H7F3OS/c1-12-7-3-2-5(13)4-6(7)8(9,10)11/h2-4,13H,1H3. The van der Waals surface area contributed by atoms with Crippen molar-refractivity contribution in [1.82, 2.24) is 0 Å². The average molecular weight is 208 g/mol. The van der Waals surface area contributed by atoms with E-state index in [1.54, 1.807) is 0 Å². The number of hydrogen-bond acceptors (Lipinski definition) is 2. The minimum absolute atomic E-state index is 0.190. The first-order valence-electron chi connectivity index (χ1n) is 3.39. The number of alkyl halides is 3. The van der Waals surface area contributed by atoms with Crippen molar-refractivity contribution < 1.29 is 17.9 Å². The number of thiol groups is 1. The molecule has 0 aliphatic carbocycles. The quantitative estimate of drug-likeness (QED) is 0.698. The van der Waals surface area contributed by atoms with E-state index in [1.165, 1.54) is 19.2 Å². The third-order valence-electron chi connectivity index (χ3n) is 1.49. The van der Waals surface area contributed by atoms with Crippen molar-refractivity contribution in [2.24, 2.45) is 0 Å². The Morgan fingerprint density at radius 1 is 1.31 bits per heavy atom. The molecule has 1 nitrogen and oxygen atoms in total. The molecule has 1 aromatic carbocycles. The topological polar surface area (TPSA) is 9.23 Å². The van der Waals surface area contributed by atoms with Crippen molar-refractivity contribution in [1.29, 1.82) is 0 Å². The first-order chi connectivity index (χ1) is 5.95. The minimum Gasteiger partial charge on any atom is -0.496 e. The number of halogens is 3. The Morgan fingerprint density at radius 3 is 2.38 bits per heavy atom. The molecule has 0 radical (unpaired) electrons. The Hall–Kier alpha value is -0.840. The van der Waals surface area contributed by atoms with Crippen LogP contribution < -0.4 is 4.74 Å². The molecule has 0 N–H and O–H groups in total. The summed E-state index contributed by atoms with van der Waals surface area (Å²) in [6.45, 7) is 0. The van der Waals surface area contributed by atoms with Gasteiger partial charge in [-0.15, -0.1) is 12.6 Å². The number of hydrogen-bond donors (Lipinski definition) is 1. The van der Waals surface area contributed by atoms with E-state index in [4.69, 9.17) is 0 Å². The molecule has 0 aromatic heterocycles. The van der Waals surface area contributed by atoms with Crippen LogP contribution in [0.3, 0.4) is 0 Å². The van der Waals surface area contributed by atoms with Crippen LogP contribution >= 0.6 is 12.6 Å². The minimum atomic E-state index is -4.40. The monoisotopic (exact) mass is 208 g/mol. The second kappa shape index (κ2) is 3.49. The van der Waals surface area contributed by atoms with E-state index in [1.807, 2.05) is 0 Å². The zero-order valence-corrected chi connectivity index (χ0v) is 7.62. The predicted molar refractivity (Wildman–Crippen MR) is 45.2 cm³/mol. The number of methoxy groups -OCH3 is 1. The van der Waals surface area contributed by atoms with Gasteiger partial charge >= 0.3 is 6.18 Å².